The molecule has 1 aliphatic carbocycles. The highest BCUT2D eigenvalue weighted by atomic mass is 14.3. The SMILES string of the molecule is CCC/C(CC1CC1)=C(\CCC)c1ccccc1. The third-order valence-corrected chi connectivity index (χ3v) is 3.83. The zero-order valence-corrected chi connectivity index (χ0v) is 11.9. The Bertz CT molecular complexity index is 382. The van der Waals surface area contributed by atoms with Crippen LogP contribution in [-0.2, 0) is 0 Å². The third kappa shape index (κ3) is 3.73. The first-order valence-corrected chi connectivity index (χ1v) is 7.61. The van der Waals surface area contributed by atoms with Crippen LogP contribution < -0.4 is 0 Å². The smallest absolute Gasteiger partial charge is 0.0225 e. The van der Waals surface area contributed by atoms with Gasteiger partial charge in [-0.1, -0.05) is 62.6 Å². The first-order valence-electron chi connectivity index (χ1n) is 7.61. The minimum Gasteiger partial charge on any atom is -0.0661 e. The van der Waals surface area contributed by atoms with Crippen LogP contribution in [-0.4, -0.2) is 0 Å². The minimum atomic E-state index is 1.00. The first-order chi connectivity index (χ1) is 8.85. The van der Waals surface area contributed by atoms with Gasteiger partial charge in [-0.05, 0) is 49.2 Å². The van der Waals surface area contributed by atoms with E-state index in [0.717, 1.165) is 5.92 Å². The van der Waals surface area contributed by atoms with Gasteiger partial charge in [0.1, 0.15) is 0 Å². The van der Waals surface area contributed by atoms with E-state index in [1.54, 1.807) is 11.1 Å². The highest BCUT2D eigenvalue weighted by Gasteiger charge is 2.23. The molecule has 0 atom stereocenters. The molecule has 0 amide bonds. The van der Waals surface area contributed by atoms with Crippen molar-refractivity contribution in [2.24, 2.45) is 5.92 Å². The summed E-state index contributed by atoms with van der Waals surface area (Å²) in [5.41, 5.74) is 4.85. The molecule has 0 heteroatoms. The molecule has 1 aromatic carbocycles. The quantitative estimate of drug-likeness (QED) is 0.563. The van der Waals surface area contributed by atoms with Crippen LogP contribution in [0.1, 0.15) is 64.4 Å². The average Bonchev–Trinajstić information content (AvgIpc) is 3.21. The minimum absolute atomic E-state index is 1.00. The zero-order valence-electron chi connectivity index (χ0n) is 11.9. The van der Waals surface area contributed by atoms with Gasteiger partial charge in [0, 0.05) is 0 Å². The van der Waals surface area contributed by atoms with Gasteiger partial charge in [0.15, 0.2) is 0 Å². The van der Waals surface area contributed by atoms with Crippen LogP contribution >= 0.6 is 0 Å². The molecule has 98 valence electrons. The molecule has 0 heterocycles. The van der Waals surface area contributed by atoms with E-state index in [2.05, 4.69) is 44.2 Å². The van der Waals surface area contributed by atoms with Crippen molar-refractivity contribution in [1.82, 2.24) is 0 Å². The third-order valence-electron chi connectivity index (χ3n) is 3.83. The standard InChI is InChI=1S/C18H26/c1-3-8-17(14-15-12-13-15)18(9-4-2)16-10-6-5-7-11-16/h5-7,10-11,15H,3-4,8-9,12-14H2,1-2H3/b18-17-. The van der Waals surface area contributed by atoms with Crippen molar-refractivity contribution in [2.75, 3.05) is 0 Å². The molecule has 0 saturated heterocycles. The van der Waals surface area contributed by atoms with Gasteiger partial charge in [0.05, 0.1) is 0 Å². The molecule has 1 aromatic rings. The summed E-state index contributed by atoms with van der Waals surface area (Å²) in [5.74, 6) is 1.00. The van der Waals surface area contributed by atoms with E-state index in [1.165, 1.54) is 50.5 Å². The summed E-state index contributed by atoms with van der Waals surface area (Å²) in [4.78, 5) is 0. The Hall–Kier alpha value is -1.04. The van der Waals surface area contributed by atoms with Crippen molar-refractivity contribution in [2.45, 2.75) is 58.8 Å². The summed E-state index contributed by atoms with van der Waals surface area (Å²) in [6.45, 7) is 4.60. The molecule has 0 aliphatic heterocycles. The van der Waals surface area contributed by atoms with Gasteiger partial charge < -0.3 is 0 Å². The van der Waals surface area contributed by atoms with Crippen LogP contribution in [0.2, 0.25) is 0 Å². The highest BCUT2D eigenvalue weighted by Crippen LogP contribution is 2.39. The normalized spacial score (nSPS) is 16.6. The van der Waals surface area contributed by atoms with Gasteiger partial charge in [-0.2, -0.15) is 0 Å². The van der Waals surface area contributed by atoms with E-state index in [0.29, 0.717) is 0 Å². The maximum absolute atomic E-state index is 2.31. The summed E-state index contributed by atoms with van der Waals surface area (Å²) >= 11 is 0. The predicted octanol–water partition coefficient (Wildman–Crippen LogP) is 5.84. The highest BCUT2D eigenvalue weighted by molar-refractivity contribution is 5.68. The van der Waals surface area contributed by atoms with Gasteiger partial charge in [-0.25, -0.2) is 0 Å². The molecule has 18 heavy (non-hydrogen) atoms. The average molecular weight is 242 g/mol. The lowest BCUT2D eigenvalue weighted by atomic mass is 9.90. The molecule has 0 nitrogen and oxygen atoms in total. The van der Waals surface area contributed by atoms with Crippen molar-refractivity contribution < 1.29 is 0 Å². The molecule has 0 N–H and O–H groups in total. The number of hydrogen-bond donors (Lipinski definition) is 0. The predicted molar refractivity (Wildman–Crippen MR) is 80.5 cm³/mol. The van der Waals surface area contributed by atoms with Crippen LogP contribution in [0.15, 0.2) is 35.9 Å². The van der Waals surface area contributed by atoms with Crippen LogP contribution in [0.5, 0.6) is 0 Å². The van der Waals surface area contributed by atoms with Gasteiger partial charge in [-0.3, -0.25) is 0 Å². The van der Waals surface area contributed by atoms with Crippen molar-refractivity contribution in [3.63, 3.8) is 0 Å². The summed E-state index contributed by atoms with van der Waals surface area (Å²) in [6.07, 6.45) is 9.35. The summed E-state index contributed by atoms with van der Waals surface area (Å²) in [7, 11) is 0. The lowest BCUT2D eigenvalue weighted by molar-refractivity contribution is 0.751. The zero-order chi connectivity index (χ0) is 12.8. The lowest BCUT2D eigenvalue weighted by Gasteiger charge is -2.15. The monoisotopic (exact) mass is 242 g/mol. The van der Waals surface area contributed by atoms with Gasteiger partial charge in [-0.15, -0.1) is 0 Å². The molecule has 0 unspecified atom stereocenters. The number of hydrogen-bond acceptors (Lipinski definition) is 0. The Labute approximate surface area is 112 Å². The maximum Gasteiger partial charge on any atom is -0.0225 e. The van der Waals surface area contributed by atoms with Crippen LogP contribution in [0.4, 0.5) is 0 Å². The second-order valence-electron chi connectivity index (χ2n) is 5.60. The van der Waals surface area contributed by atoms with Crippen LogP contribution in [0.3, 0.4) is 0 Å². The Balaban J connectivity index is 2.27. The van der Waals surface area contributed by atoms with E-state index in [4.69, 9.17) is 0 Å². The van der Waals surface area contributed by atoms with E-state index in [-0.39, 0.29) is 0 Å². The largest absolute Gasteiger partial charge is 0.0661 e. The molecule has 1 saturated carbocycles. The summed E-state index contributed by atoms with van der Waals surface area (Å²) in [5, 5.41) is 0. The molecule has 1 fully saturated rings. The Morgan fingerprint density at radius 3 is 2.22 bits per heavy atom. The number of benzene rings is 1. The van der Waals surface area contributed by atoms with E-state index in [9.17, 15) is 0 Å². The topological polar surface area (TPSA) is 0 Å². The second kappa shape index (κ2) is 6.78. The van der Waals surface area contributed by atoms with Gasteiger partial charge >= 0.3 is 0 Å². The Morgan fingerprint density at radius 1 is 1.00 bits per heavy atom. The molecule has 0 radical (unpaired) electrons. The summed E-state index contributed by atoms with van der Waals surface area (Å²) in [6, 6.07) is 11.0. The Kier molecular flexibility index (Phi) is 5.04. The van der Waals surface area contributed by atoms with Crippen molar-refractivity contribution in [3.8, 4) is 0 Å². The Morgan fingerprint density at radius 2 is 1.67 bits per heavy atom. The van der Waals surface area contributed by atoms with Gasteiger partial charge in [0.25, 0.3) is 0 Å². The van der Waals surface area contributed by atoms with E-state index in [1.807, 2.05) is 0 Å². The number of rotatable bonds is 7. The first kappa shape index (κ1) is 13.4. The molecule has 2 rings (SSSR count). The molecule has 0 aromatic heterocycles. The fourth-order valence-electron chi connectivity index (χ4n) is 2.76. The van der Waals surface area contributed by atoms with Gasteiger partial charge in [0.2, 0.25) is 0 Å². The molecular weight excluding hydrogens is 216 g/mol. The number of allylic oxidation sites excluding steroid dienone is 2. The summed E-state index contributed by atoms with van der Waals surface area (Å²) < 4.78 is 0. The van der Waals surface area contributed by atoms with Crippen molar-refractivity contribution >= 4 is 5.57 Å². The fourth-order valence-corrected chi connectivity index (χ4v) is 2.76. The molecule has 1 aliphatic rings. The lowest BCUT2D eigenvalue weighted by Crippen LogP contribution is -1.95. The second-order valence-corrected chi connectivity index (χ2v) is 5.60. The van der Waals surface area contributed by atoms with Crippen molar-refractivity contribution in [1.29, 1.82) is 0 Å². The van der Waals surface area contributed by atoms with E-state index < -0.39 is 0 Å². The van der Waals surface area contributed by atoms with Crippen LogP contribution in [0.25, 0.3) is 5.57 Å². The molecular formula is C18H26. The van der Waals surface area contributed by atoms with Crippen LogP contribution in [0, 0.1) is 5.92 Å². The maximum atomic E-state index is 2.31. The van der Waals surface area contributed by atoms with E-state index >= 15 is 0 Å². The van der Waals surface area contributed by atoms with Crippen molar-refractivity contribution in [3.05, 3.63) is 41.5 Å². The fraction of sp³-hybridized carbons (Fsp3) is 0.556. The molecule has 0 bridgehead atoms. The molecule has 0 spiro atoms.